The Labute approximate surface area is 261 Å². The van der Waals surface area contributed by atoms with Crippen LogP contribution in [0.5, 0.6) is 5.75 Å². The Morgan fingerprint density at radius 2 is 1.64 bits per heavy atom. The van der Waals surface area contributed by atoms with Crippen molar-refractivity contribution in [2.24, 2.45) is 0 Å². The maximum atomic E-state index is 14.3. The molecule has 4 aromatic carbocycles. The quantitative estimate of drug-likeness (QED) is 0.228. The first-order valence-corrected chi connectivity index (χ1v) is 15.3. The first-order valence-electron chi connectivity index (χ1n) is 15.3. The third-order valence-corrected chi connectivity index (χ3v) is 8.94. The molecule has 0 unspecified atom stereocenters. The Morgan fingerprint density at radius 1 is 0.911 bits per heavy atom. The van der Waals surface area contributed by atoms with E-state index >= 15 is 0 Å². The van der Waals surface area contributed by atoms with E-state index in [4.69, 9.17) is 4.74 Å². The SMILES string of the molecule is COc1ccc(CCNC(=O)[C@H](Cc2ccccc2)NC(=O)[C@@H]2Cc3c([nH]c4ccccc34)[C@@H]3c4ccccc4C(=O)N32)cc1. The summed E-state index contributed by atoms with van der Waals surface area (Å²) in [6.45, 7) is 0.413. The molecule has 3 atom stereocenters. The third-order valence-electron chi connectivity index (χ3n) is 8.94. The van der Waals surface area contributed by atoms with Gasteiger partial charge >= 0.3 is 0 Å². The fourth-order valence-corrected chi connectivity index (χ4v) is 6.71. The van der Waals surface area contributed by atoms with Gasteiger partial charge in [-0.3, -0.25) is 14.4 Å². The lowest BCUT2D eigenvalue weighted by Gasteiger charge is -2.37. The van der Waals surface area contributed by atoms with Crippen LogP contribution in [0.15, 0.2) is 103 Å². The Morgan fingerprint density at radius 3 is 2.44 bits per heavy atom. The molecule has 3 N–H and O–H groups in total. The van der Waals surface area contributed by atoms with E-state index in [1.54, 1.807) is 12.0 Å². The predicted molar refractivity (Wildman–Crippen MR) is 172 cm³/mol. The monoisotopic (exact) mass is 598 g/mol. The van der Waals surface area contributed by atoms with Gasteiger partial charge in [0, 0.05) is 41.5 Å². The number of H-pyrrole nitrogens is 1. The molecule has 0 saturated carbocycles. The molecule has 0 aliphatic carbocycles. The third kappa shape index (κ3) is 5.33. The number of para-hydroxylation sites is 1. The van der Waals surface area contributed by atoms with E-state index in [2.05, 4.69) is 15.6 Å². The van der Waals surface area contributed by atoms with Crippen LogP contribution < -0.4 is 15.4 Å². The molecule has 8 nitrogen and oxygen atoms in total. The van der Waals surface area contributed by atoms with E-state index in [-0.39, 0.29) is 17.7 Å². The Balaban J connectivity index is 1.16. The molecule has 0 bridgehead atoms. The van der Waals surface area contributed by atoms with Gasteiger partial charge in [0.05, 0.1) is 13.2 Å². The van der Waals surface area contributed by atoms with Crippen molar-refractivity contribution in [2.45, 2.75) is 37.4 Å². The number of carbonyl (C=O) groups excluding carboxylic acids is 3. The zero-order valence-corrected chi connectivity index (χ0v) is 25.0. The Bertz CT molecular complexity index is 1880. The highest BCUT2D eigenvalue weighted by Crippen LogP contribution is 2.46. The second-order valence-electron chi connectivity index (χ2n) is 11.6. The second kappa shape index (κ2) is 12.0. The summed E-state index contributed by atoms with van der Waals surface area (Å²) in [5, 5.41) is 7.12. The average Bonchev–Trinajstić information content (AvgIpc) is 3.60. The van der Waals surface area contributed by atoms with Gasteiger partial charge in [0.25, 0.3) is 5.91 Å². The Kier molecular flexibility index (Phi) is 7.55. The van der Waals surface area contributed by atoms with Gasteiger partial charge in [-0.2, -0.15) is 0 Å². The summed E-state index contributed by atoms with van der Waals surface area (Å²) < 4.78 is 5.24. The number of amides is 3. The summed E-state index contributed by atoms with van der Waals surface area (Å²) in [5.41, 5.74) is 6.41. The smallest absolute Gasteiger partial charge is 0.255 e. The number of nitrogens with one attached hydrogen (secondary N) is 3. The van der Waals surface area contributed by atoms with Gasteiger partial charge in [0.15, 0.2) is 0 Å². The van der Waals surface area contributed by atoms with E-state index in [0.717, 1.165) is 44.6 Å². The minimum atomic E-state index is -0.821. The van der Waals surface area contributed by atoms with Gasteiger partial charge in [-0.05, 0) is 52.9 Å². The molecule has 3 amide bonds. The summed E-state index contributed by atoms with van der Waals surface area (Å²) in [4.78, 5) is 47.0. The maximum Gasteiger partial charge on any atom is 0.255 e. The van der Waals surface area contributed by atoms with E-state index in [1.165, 1.54) is 0 Å². The number of hydrogen-bond acceptors (Lipinski definition) is 4. The number of aromatic amines is 1. The summed E-state index contributed by atoms with van der Waals surface area (Å²) >= 11 is 0. The van der Waals surface area contributed by atoms with Crippen molar-refractivity contribution in [3.8, 4) is 5.75 Å². The van der Waals surface area contributed by atoms with Crippen LogP contribution in [-0.4, -0.2) is 53.3 Å². The zero-order chi connectivity index (χ0) is 30.9. The molecule has 3 heterocycles. The fourth-order valence-electron chi connectivity index (χ4n) is 6.71. The molecule has 0 saturated heterocycles. The number of carbonyl (C=O) groups is 3. The summed E-state index contributed by atoms with van der Waals surface area (Å²) in [7, 11) is 1.63. The molecule has 0 spiro atoms. The molecule has 2 aliphatic rings. The molecular formula is C37H34N4O4. The number of ether oxygens (including phenoxy) is 1. The minimum Gasteiger partial charge on any atom is -0.497 e. The van der Waals surface area contributed by atoms with E-state index in [1.807, 2.05) is 103 Å². The van der Waals surface area contributed by atoms with Crippen LogP contribution in [0.3, 0.4) is 0 Å². The highest BCUT2D eigenvalue weighted by molar-refractivity contribution is 6.04. The molecule has 1 aromatic heterocycles. The predicted octanol–water partition coefficient (Wildman–Crippen LogP) is 4.73. The maximum absolute atomic E-state index is 14.3. The van der Waals surface area contributed by atoms with E-state index in [9.17, 15) is 14.4 Å². The molecular weight excluding hydrogens is 564 g/mol. The van der Waals surface area contributed by atoms with Crippen molar-refractivity contribution < 1.29 is 19.1 Å². The van der Waals surface area contributed by atoms with E-state index in [0.29, 0.717) is 31.4 Å². The van der Waals surface area contributed by atoms with Crippen molar-refractivity contribution in [1.29, 1.82) is 0 Å². The minimum absolute atomic E-state index is 0.177. The molecule has 5 aromatic rings. The van der Waals surface area contributed by atoms with Crippen molar-refractivity contribution in [3.05, 3.63) is 137 Å². The molecule has 0 fully saturated rings. The zero-order valence-electron chi connectivity index (χ0n) is 25.0. The van der Waals surface area contributed by atoms with Gasteiger partial charge < -0.3 is 25.3 Å². The van der Waals surface area contributed by atoms with Crippen molar-refractivity contribution in [2.75, 3.05) is 13.7 Å². The van der Waals surface area contributed by atoms with Crippen molar-refractivity contribution in [3.63, 3.8) is 0 Å². The molecule has 45 heavy (non-hydrogen) atoms. The second-order valence-corrected chi connectivity index (χ2v) is 11.6. The van der Waals surface area contributed by atoms with Crippen LogP contribution in [0.25, 0.3) is 10.9 Å². The van der Waals surface area contributed by atoms with Gasteiger partial charge in [-0.15, -0.1) is 0 Å². The fraction of sp³-hybridized carbons (Fsp3) is 0.216. The number of methoxy groups -OCH3 is 1. The highest BCUT2D eigenvalue weighted by Gasteiger charge is 2.49. The van der Waals surface area contributed by atoms with Crippen LogP contribution in [0.1, 0.15) is 44.3 Å². The molecule has 2 aliphatic heterocycles. The lowest BCUT2D eigenvalue weighted by atomic mass is 9.89. The van der Waals surface area contributed by atoms with Crippen LogP contribution in [0.4, 0.5) is 0 Å². The van der Waals surface area contributed by atoms with E-state index < -0.39 is 18.1 Å². The van der Waals surface area contributed by atoms with Gasteiger partial charge in [0.1, 0.15) is 17.8 Å². The van der Waals surface area contributed by atoms with Crippen LogP contribution in [-0.2, 0) is 28.9 Å². The summed E-state index contributed by atoms with van der Waals surface area (Å²) in [6.07, 6.45) is 1.30. The first kappa shape index (κ1) is 28.4. The molecule has 7 rings (SSSR count). The molecule has 8 heteroatoms. The van der Waals surface area contributed by atoms with Crippen LogP contribution in [0.2, 0.25) is 0 Å². The van der Waals surface area contributed by atoms with Crippen molar-refractivity contribution >= 4 is 28.6 Å². The number of fused-ring (bicyclic) bond motifs is 7. The summed E-state index contributed by atoms with van der Waals surface area (Å²) in [5.74, 6) is -0.0125. The standard InChI is InChI=1S/C37H34N4O4/c1-45-25-17-15-23(16-18-25)19-20-38-35(42)31(21-24-9-3-2-4-10-24)40-36(43)32-22-29-26-11-7-8-14-30(26)39-33(29)34-27-12-5-6-13-28(27)37(44)41(32)34/h2-18,31-32,34,39H,19-22H2,1H3,(H,38,42)(H,40,43)/t31-,32-,34-/m0/s1. The lowest BCUT2D eigenvalue weighted by molar-refractivity contribution is -0.132. The largest absolute Gasteiger partial charge is 0.497 e. The van der Waals surface area contributed by atoms with Crippen LogP contribution in [0, 0.1) is 0 Å². The number of hydrogen-bond donors (Lipinski definition) is 3. The number of aromatic nitrogens is 1. The lowest BCUT2D eigenvalue weighted by Crippen LogP contribution is -2.57. The Hall–Kier alpha value is -5.37. The average molecular weight is 599 g/mol. The molecule has 226 valence electrons. The van der Waals surface area contributed by atoms with Crippen LogP contribution >= 0.6 is 0 Å². The summed E-state index contributed by atoms with van der Waals surface area (Å²) in [6, 6.07) is 30.9. The molecule has 0 radical (unpaired) electrons. The highest BCUT2D eigenvalue weighted by atomic mass is 16.5. The van der Waals surface area contributed by atoms with Gasteiger partial charge in [-0.1, -0.05) is 78.9 Å². The van der Waals surface area contributed by atoms with Crippen molar-refractivity contribution in [1.82, 2.24) is 20.5 Å². The number of rotatable bonds is 9. The topological polar surface area (TPSA) is 104 Å². The van der Waals surface area contributed by atoms with Gasteiger partial charge in [0.2, 0.25) is 11.8 Å². The number of nitrogens with zero attached hydrogens (tertiary/aromatic N) is 1. The number of benzene rings is 4. The normalized spacial score (nSPS) is 17.3. The van der Waals surface area contributed by atoms with Gasteiger partial charge in [-0.25, -0.2) is 0 Å². The first-order chi connectivity index (χ1) is 22.0.